The first-order chi connectivity index (χ1) is 13.7. The van der Waals surface area contributed by atoms with Crippen LogP contribution in [0, 0.1) is 0 Å². The first-order valence-electron chi connectivity index (χ1n) is 8.48. The Bertz CT molecular complexity index is 1110. The maximum absolute atomic E-state index is 12.6. The van der Waals surface area contributed by atoms with Crippen molar-refractivity contribution in [3.63, 3.8) is 0 Å². The lowest BCUT2D eigenvalue weighted by Crippen LogP contribution is -2.14. The van der Waals surface area contributed by atoms with Crippen LogP contribution in [-0.4, -0.2) is 52.9 Å². The molecule has 1 aromatic heterocycles. The van der Waals surface area contributed by atoms with Gasteiger partial charge in [-0.05, 0) is 35.2 Å². The molecule has 0 bridgehead atoms. The van der Waals surface area contributed by atoms with Crippen LogP contribution in [0.25, 0.3) is 0 Å². The second kappa shape index (κ2) is 8.64. The van der Waals surface area contributed by atoms with Crippen molar-refractivity contribution in [1.29, 1.82) is 0 Å². The number of benzene rings is 1. The molecule has 0 saturated carbocycles. The molecule has 0 radical (unpaired) electrons. The number of rotatable bonds is 6. The second-order valence-corrected chi connectivity index (χ2v) is 9.45. The highest BCUT2D eigenvalue weighted by Gasteiger charge is 2.25. The first-order valence-corrected chi connectivity index (χ1v) is 12.0. The summed E-state index contributed by atoms with van der Waals surface area (Å²) in [6.07, 6.45) is 5.60. The van der Waals surface area contributed by atoms with Gasteiger partial charge in [0.2, 0.25) is 5.16 Å². The van der Waals surface area contributed by atoms with Crippen molar-refractivity contribution in [3.8, 4) is 0 Å². The number of carbonyl (C=O) groups excluding carboxylic acids is 2. The predicted molar refractivity (Wildman–Crippen MR) is 106 cm³/mol. The summed E-state index contributed by atoms with van der Waals surface area (Å²) >= 11 is 7.71. The first kappa shape index (κ1) is 21.5. The van der Waals surface area contributed by atoms with Gasteiger partial charge in [-0.1, -0.05) is 23.4 Å². The van der Waals surface area contributed by atoms with E-state index in [1.807, 2.05) is 0 Å². The monoisotopic (exact) mass is 456 g/mol. The van der Waals surface area contributed by atoms with Crippen molar-refractivity contribution >= 4 is 45.0 Å². The van der Waals surface area contributed by atoms with E-state index in [-0.39, 0.29) is 39.1 Å². The van der Waals surface area contributed by atoms with Gasteiger partial charge < -0.3 is 4.74 Å². The van der Waals surface area contributed by atoms with Gasteiger partial charge in [-0.2, -0.15) is 0 Å². The lowest BCUT2D eigenvalue weighted by atomic mass is 10.1. The SMILES string of the molecule is CSc1nnnn1Cc1c(S(C)(=O)=O)ccc(C(=O)OC2=CC(=O)CCC2)c1Cl. The third-order valence-electron chi connectivity index (χ3n) is 4.20. The fourth-order valence-electron chi connectivity index (χ4n) is 2.86. The highest BCUT2D eigenvalue weighted by Crippen LogP contribution is 2.31. The maximum Gasteiger partial charge on any atom is 0.344 e. The number of halogens is 1. The number of tetrazole rings is 1. The largest absolute Gasteiger partial charge is 0.427 e. The van der Waals surface area contributed by atoms with E-state index in [1.165, 1.54) is 34.7 Å². The smallest absolute Gasteiger partial charge is 0.344 e. The van der Waals surface area contributed by atoms with Gasteiger partial charge in [0.15, 0.2) is 15.6 Å². The van der Waals surface area contributed by atoms with Crippen LogP contribution in [-0.2, 0) is 25.9 Å². The molecule has 0 unspecified atom stereocenters. The Balaban J connectivity index is 2.01. The summed E-state index contributed by atoms with van der Waals surface area (Å²) in [4.78, 5) is 24.1. The van der Waals surface area contributed by atoms with Gasteiger partial charge in [0.05, 0.1) is 22.0 Å². The van der Waals surface area contributed by atoms with Crippen molar-refractivity contribution in [1.82, 2.24) is 20.2 Å². The zero-order valence-corrected chi connectivity index (χ0v) is 18.0. The molecule has 154 valence electrons. The number of thioether (sulfide) groups is 1. The molecule has 1 aliphatic rings. The van der Waals surface area contributed by atoms with E-state index in [1.54, 1.807) is 6.26 Å². The quantitative estimate of drug-likeness (QED) is 0.475. The third-order valence-corrected chi connectivity index (χ3v) is 6.47. The average molecular weight is 457 g/mol. The fraction of sp³-hybridized carbons (Fsp3) is 0.353. The van der Waals surface area contributed by atoms with Crippen LogP contribution in [0.2, 0.25) is 5.02 Å². The predicted octanol–water partition coefficient (Wildman–Crippen LogP) is 2.29. The molecule has 0 fully saturated rings. The van der Waals surface area contributed by atoms with Gasteiger partial charge in [-0.25, -0.2) is 17.9 Å². The van der Waals surface area contributed by atoms with Gasteiger partial charge in [0.25, 0.3) is 0 Å². The molecule has 0 atom stereocenters. The number of esters is 1. The normalized spacial score (nSPS) is 14.6. The Kier molecular flexibility index (Phi) is 6.39. The molecule has 3 rings (SSSR count). The molecule has 0 saturated heterocycles. The van der Waals surface area contributed by atoms with Gasteiger partial charge in [-0.15, -0.1) is 5.10 Å². The minimum Gasteiger partial charge on any atom is -0.427 e. The van der Waals surface area contributed by atoms with Crippen LogP contribution in [0.15, 0.2) is 34.0 Å². The number of hydrogen-bond donors (Lipinski definition) is 0. The topological polar surface area (TPSA) is 121 Å². The number of hydrogen-bond acceptors (Lipinski definition) is 9. The van der Waals surface area contributed by atoms with Crippen molar-refractivity contribution in [2.24, 2.45) is 0 Å². The zero-order chi connectivity index (χ0) is 21.2. The third kappa shape index (κ3) is 4.85. The molecule has 9 nitrogen and oxygen atoms in total. The highest BCUT2D eigenvalue weighted by molar-refractivity contribution is 7.98. The van der Waals surface area contributed by atoms with Crippen LogP contribution >= 0.6 is 23.4 Å². The van der Waals surface area contributed by atoms with E-state index < -0.39 is 15.8 Å². The summed E-state index contributed by atoms with van der Waals surface area (Å²) < 4.78 is 31.2. The molecule has 1 aromatic carbocycles. The van der Waals surface area contributed by atoms with Crippen LogP contribution in [0.3, 0.4) is 0 Å². The van der Waals surface area contributed by atoms with Gasteiger partial charge in [0.1, 0.15) is 5.76 Å². The molecule has 0 spiro atoms. The van der Waals surface area contributed by atoms with Crippen LogP contribution < -0.4 is 0 Å². The molecule has 0 aliphatic heterocycles. The number of carbonyl (C=O) groups is 2. The Morgan fingerprint density at radius 2 is 2.10 bits per heavy atom. The summed E-state index contributed by atoms with van der Waals surface area (Å²) in [6, 6.07) is 2.60. The highest BCUT2D eigenvalue weighted by atomic mass is 35.5. The number of ketones is 1. The molecule has 2 aromatic rings. The average Bonchev–Trinajstić information content (AvgIpc) is 3.09. The number of nitrogens with zero attached hydrogens (tertiary/aromatic N) is 4. The van der Waals surface area contributed by atoms with Gasteiger partial charge in [0, 0.05) is 30.7 Å². The van der Waals surface area contributed by atoms with E-state index >= 15 is 0 Å². The van der Waals surface area contributed by atoms with Gasteiger partial charge >= 0.3 is 5.97 Å². The van der Waals surface area contributed by atoms with Crippen LogP contribution in [0.4, 0.5) is 0 Å². The Hall–Kier alpha value is -2.24. The molecule has 1 heterocycles. The lowest BCUT2D eigenvalue weighted by Gasteiger charge is -2.16. The van der Waals surface area contributed by atoms with Crippen LogP contribution in [0.5, 0.6) is 0 Å². The molecule has 12 heteroatoms. The van der Waals surface area contributed by atoms with E-state index in [2.05, 4.69) is 15.5 Å². The summed E-state index contributed by atoms with van der Waals surface area (Å²) in [7, 11) is -3.64. The Labute approximate surface area is 176 Å². The zero-order valence-electron chi connectivity index (χ0n) is 15.6. The number of ether oxygens (including phenoxy) is 1. The summed E-state index contributed by atoms with van der Waals surface area (Å²) in [5.41, 5.74) is 0.173. The van der Waals surface area contributed by atoms with Crippen molar-refractivity contribution in [3.05, 3.63) is 40.1 Å². The molecular formula is C17H17ClN4O5S2. The van der Waals surface area contributed by atoms with Crippen molar-refractivity contribution in [2.45, 2.75) is 35.9 Å². The Morgan fingerprint density at radius 1 is 1.34 bits per heavy atom. The minimum atomic E-state index is -3.64. The fourth-order valence-corrected chi connectivity index (χ4v) is 4.58. The molecule has 0 N–H and O–H groups in total. The summed E-state index contributed by atoms with van der Waals surface area (Å²) in [5, 5.41) is 11.6. The van der Waals surface area contributed by atoms with E-state index in [0.29, 0.717) is 24.4 Å². The van der Waals surface area contributed by atoms with Crippen molar-refractivity contribution in [2.75, 3.05) is 12.5 Å². The number of sulfone groups is 1. The van der Waals surface area contributed by atoms with Gasteiger partial charge in [-0.3, -0.25) is 4.79 Å². The van der Waals surface area contributed by atoms with Crippen molar-refractivity contribution < 1.29 is 22.7 Å². The maximum atomic E-state index is 12.6. The minimum absolute atomic E-state index is 0.00762. The van der Waals surface area contributed by atoms with Crippen LogP contribution in [0.1, 0.15) is 35.2 Å². The summed E-state index contributed by atoms with van der Waals surface area (Å²) in [6.45, 7) is -0.0489. The lowest BCUT2D eigenvalue weighted by molar-refractivity contribution is -0.115. The molecule has 1 aliphatic carbocycles. The molecule has 0 amide bonds. The molecule has 29 heavy (non-hydrogen) atoms. The number of aromatic nitrogens is 4. The van der Waals surface area contributed by atoms with E-state index in [4.69, 9.17) is 16.3 Å². The second-order valence-electron chi connectivity index (χ2n) is 6.32. The Morgan fingerprint density at radius 3 is 2.76 bits per heavy atom. The summed E-state index contributed by atoms with van der Waals surface area (Å²) in [5.74, 6) is -0.609. The number of allylic oxidation sites excluding steroid dienone is 2. The van der Waals surface area contributed by atoms with E-state index in [0.717, 1.165) is 6.26 Å². The standard InChI is InChI=1S/C17H17ClN4O5S2/c1-28-17-19-20-21-22(17)9-13-14(29(2,25)26)7-6-12(15(13)18)16(24)27-11-5-3-4-10(23)8-11/h6-8H,3-5,9H2,1-2H3. The molecular weight excluding hydrogens is 440 g/mol. The van der Waals surface area contributed by atoms with E-state index in [9.17, 15) is 18.0 Å².